The first-order chi connectivity index (χ1) is 12.1. The number of primary amides is 1. The molecule has 1 unspecified atom stereocenters. The smallest absolute Gasteiger partial charge is 0.357 e. The van der Waals surface area contributed by atoms with E-state index in [1.54, 1.807) is 26.2 Å². The van der Waals surface area contributed by atoms with Gasteiger partial charge in [-0.25, -0.2) is 9.48 Å². The number of anilines is 1. The first-order valence-electron chi connectivity index (χ1n) is 7.18. The Bertz CT molecular complexity index is 883. The average Bonchev–Trinajstić information content (AvgIpc) is 2.84. The van der Waals surface area contributed by atoms with Crippen molar-refractivity contribution in [3.63, 3.8) is 0 Å². The molecule has 4 N–H and O–H groups in total. The van der Waals surface area contributed by atoms with Crippen LogP contribution in [0.15, 0.2) is 28.7 Å². The number of carboxylic acid groups (broad SMARTS) is 1. The lowest BCUT2D eigenvalue weighted by Crippen LogP contribution is -2.38. The largest absolute Gasteiger partial charge is 0.476 e. The maximum Gasteiger partial charge on any atom is 0.357 e. The van der Waals surface area contributed by atoms with Gasteiger partial charge in [-0.2, -0.15) is 5.10 Å². The Morgan fingerprint density at radius 3 is 2.46 bits per heavy atom. The second-order valence-corrected chi connectivity index (χ2v) is 6.63. The third-order valence-electron chi connectivity index (χ3n) is 3.38. The molecule has 1 atom stereocenters. The Hall–Kier alpha value is -2.43. The molecule has 0 saturated carbocycles. The molecule has 2 rings (SSSR count). The molecule has 0 aliphatic heterocycles. The standard InChI is InChI=1S/C15H15BrClN5O4/c1-21(2)14(11(18)23)22-12(9(16)10(20-22)15(25)26)19-13(24)7-5-3-4-6-8(7)17/h3-6,14H,1-2H3,(H2,18,23)(H,19,24)(H,25,26). The summed E-state index contributed by atoms with van der Waals surface area (Å²) in [7, 11) is 3.12. The van der Waals surface area contributed by atoms with Gasteiger partial charge in [-0.05, 0) is 42.2 Å². The number of nitrogens with zero attached hydrogens (tertiary/aromatic N) is 3. The molecule has 2 aromatic rings. The van der Waals surface area contributed by atoms with Crippen LogP contribution in [0.25, 0.3) is 0 Å². The molecule has 0 bridgehead atoms. The van der Waals surface area contributed by atoms with Gasteiger partial charge in [0.1, 0.15) is 5.82 Å². The van der Waals surface area contributed by atoms with E-state index in [0.717, 1.165) is 4.68 Å². The molecular formula is C15H15BrClN5O4. The summed E-state index contributed by atoms with van der Waals surface area (Å²) in [6, 6.07) is 6.33. The number of hydrogen-bond acceptors (Lipinski definition) is 5. The lowest BCUT2D eigenvalue weighted by atomic mass is 10.2. The maximum atomic E-state index is 12.5. The molecule has 1 aromatic heterocycles. The van der Waals surface area contributed by atoms with Gasteiger partial charge >= 0.3 is 5.97 Å². The zero-order valence-electron chi connectivity index (χ0n) is 13.7. The van der Waals surface area contributed by atoms with E-state index < -0.39 is 23.9 Å². The Morgan fingerprint density at radius 2 is 1.96 bits per heavy atom. The molecule has 0 radical (unpaired) electrons. The quantitative estimate of drug-likeness (QED) is 0.623. The molecular weight excluding hydrogens is 430 g/mol. The molecule has 138 valence electrons. The summed E-state index contributed by atoms with van der Waals surface area (Å²) in [6.45, 7) is 0. The molecule has 0 saturated heterocycles. The van der Waals surface area contributed by atoms with Crippen molar-refractivity contribution in [2.45, 2.75) is 6.17 Å². The second kappa shape index (κ2) is 7.85. The van der Waals surface area contributed by atoms with Crippen LogP contribution < -0.4 is 11.1 Å². The molecule has 1 aromatic carbocycles. The van der Waals surface area contributed by atoms with Gasteiger partial charge in [-0.15, -0.1) is 0 Å². The Morgan fingerprint density at radius 1 is 1.35 bits per heavy atom. The van der Waals surface area contributed by atoms with E-state index in [1.165, 1.54) is 17.0 Å². The fraction of sp³-hybridized carbons (Fsp3) is 0.200. The summed E-state index contributed by atoms with van der Waals surface area (Å²) < 4.78 is 1.03. The number of rotatable bonds is 6. The monoisotopic (exact) mass is 443 g/mol. The number of aromatic carboxylic acids is 1. The normalized spacial score (nSPS) is 12.0. The van der Waals surface area contributed by atoms with Gasteiger partial charge in [0.2, 0.25) is 0 Å². The fourth-order valence-corrected chi connectivity index (χ4v) is 3.01. The summed E-state index contributed by atoms with van der Waals surface area (Å²) in [4.78, 5) is 37.2. The van der Waals surface area contributed by atoms with Crippen LogP contribution in [0.4, 0.5) is 5.82 Å². The topological polar surface area (TPSA) is 131 Å². The Kier molecular flexibility index (Phi) is 6.01. The molecule has 1 heterocycles. The molecule has 0 fully saturated rings. The third kappa shape index (κ3) is 3.87. The van der Waals surface area contributed by atoms with Crippen molar-refractivity contribution < 1.29 is 19.5 Å². The maximum absolute atomic E-state index is 12.5. The van der Waals surface area contributed by atoms with Gasteiger partial charge in [-0.3, -0.25) is 14.5 Å². The van der Waals surface area contributed by atoms with Crippen molar-refractivity contribution in [1.82, 2.24) is 14.7 Å². The predicted octanol–water partition coefficient (Wildman–Crippen LogP) is 1.79. The SMILES string of the molecule is CN(C)C(C(N)=O)n1nc(C(=O)O)c(Br)c1NC(=O)c1ccccc1Cl. The molecule has 26 heavy (non-hydrogen) atoms. The number of carbonyl (C=O) groups excluding carboxylic acids is 2. The van der Waals surface area contributed by atoms with Crippen LogP contribution >= 0.6 is 27.5 Å². The number of aromatic nitrogens is 2. The minimum Gasteiger partial charge on any atom is -0.476 e. The second-order valence-electron chi connectivity index (χ2n) is 5.43. The molecule has 0 aliphatic carbocycles. The highest BCUT2D eigenvalue weighted by molar-refractivity contribution is 9.10. The van der Waals surface area contributed by atoms with Crippen LogP contribution in [0, 0.1) is 0 Å². The van der Waals surface area contributed by atoms with Crippen molar-refractivity contribution in [3.05, 3.63) is 45.0 Å². The van der Waals surface area contributed by atoms with E-state index in [2.05, 4.69) is 26.3 Å². The van der Waals surface area contributed by atoms with Crippen LogP contribution in [-0.2, 0) is 4.79 Å². The minimum atomic E-state index is -1.34. The first kappa shape index (κ1) is 19.9. The number of carboxylic acids is 1. The molecule has 2 amide bonds. The highest BCUT2D eigenvalue weighted by Crippen LogP contribution is 2.31. The Balaban J connectivity index is 2.56. The van der Waals surface area contributed by atoms with Gasteiger partial charge in [0.25, 0.3) is 11.8 Å². The van der Waals surface area contributed by atoms with E-state index in [9.17, 15) is 19.5 Å². The van der Waals surface area contributed by atoms with E-state index in [4.69, 9.17) is 17.3 Å². The van der Waals surface area contributed by atoms with Gasteiger partial charge in [0.05, 0.1) is 15.1 Å². The van der Waals surface area contributed by atoms with E-state index in [0.29, 0.717) is 0 Å². The highest BCUT2D eigenvalue weighted by Gasteiger charge is 2.30. The summed E-state index contributed by atoms with van der Waals surface area (Å²) in [5, 5.41) is 15.9. The van der Waals surface area contributed by atoms with Crippen LogP contribution in [-0.4, -0.2) is 51.7 Å². The fourth-order valence-electron chi connectivity index (χ4n) is 2.25. The van der Waals surface area contributed by atoms with E-state index in [1.807, 2.05) is 0 Å². The van der Waals surface area contributed by atoms with Crippen LogP contribution in [0.3, 0.4) is 0 Å². The molecule has 11 heteroatoms. The third-order valence-corrected chi connectivity index (χ3v) is 4.46. The minimum absolute atomic E-state index is 0.00139. The van der Waals surface area contributed by atoms with Crippen LogP contribution in [0.2, 0.25) is 5.02 Å². The zero-order chi connectivity index (χ0) is 19.6. The Labute approximate surface area is 161 Å². The van der Waals surface area contributed by atoms with Crippen LogP contribution in [0.1, 0.15) is 27.0 Å². The predicted molar refractivity (Wildman–Crippen MR) is 98.2 cm³/mol. The van der Waals surface area contributed by atoms with Crippen molar-refractivity contribution in [2.75, 3.05) is 19.4 Å². The number of likely N-dealkylation sites (N-methyl/N-ethyl adjacent to an activating group) is 1. The van der Waals surface area contributed by atoms with Crippen molar-refractivity contribution >= 4 is 51.1 Å². The number of benzene rings is 1. The average molecular weight is 445 g/mol. The molecule has 0 aliphatic rings. The number of halogens is 2. The number of nitrogens with two attached hydrogens (primary N) is 1. The van der Waals surface area contributed by atoms with Crippen molar-refractivity contribution in [1.29, 1.82) is 0 Å². The van der Waals surface area contributed by atoms with Crippen molar-refractivity contribution in [2.24, 2.45) is 5.73 Å². The van der Waals surface area contributed by atoms with Gasteiger partial charge in [0, 0.05) is 0 Å². The summed E-state index contributed by atoms with van der Waals surface area (Å²) in [6.07, 6.45) is -1.12. The first-order valence-corrected chi connectivity index (χ1v) is 8.35. The number of carbonyl (C=O) groups is 3. The van der Waals surface area contributed by atoms with E-state index >= 15 is 0 Å². The lowest BCUT2D eigenvalue weighted by Gasteiger charge is -2.23. The lowest BCUT2D eigenvalue weighted by molar-refractivity contribution is -0.125. The number of nitrogens with one attached hydrogen (secondary N) is 1. The van der Waals surface area contributed by atoms with Crippen molar-refractivity contribution in [3.8, 4) is 0 Å². The zero-order valence-corrected chi connectivity index (χ0v) is 16.1. The summed E-state index contributed by atoms with van der Waals surface area (Å²) in [5.41, 5.74) is 5.19. The molecule has 9 nitrogen and oxygen atoms in total. The highest BCUT2D eigenvalue weighted by atomic mass is 79.9. The summed E-state index contributed by atoms with van der Waals surface area (Å²) in [5.74, 6) is -2.76. The van der Waals surface area contributed by atoms with Gasteiger partial charge in [-0.1, -0.05) is 23.7 Å². The van der Waals surface area contributed by atoms with Gasteiger partial charge in [0.15, 0.2) is 11.9 Å². The van der Waals surface area contributed by atoms with E-state index in [-0.39, 0.29) is 26.6 Å². The van der Waals surface area contributed by atoms with Gasteiger partial charge < -0.3 is 16.2 Å². The number of amides is 2. The molecule has 0 spiro atoms. The summed E-state index contributed by atoms with van der Waals surface area (Å²) >= 11 is 9.12. The number of hydrogen-bond donors (Lipinski definition) is 3. The van der Waals surface area contributed by atoms with Crippen LogP contribution in [0.5, 0.6) is 0 Å².